The van der Waals surface area contributed by atoms with E-state index >= 15 is 0 Å². The van der Waals surface area contributed by atoms with Crippen molar-refractivity contribution in [1.82, 2.24) is 5.32 Å². The van der Waals surface area contributed by atoms with Gasteiger partial charge in [0.15, 0.2) is 5.79 Å². The topological polar surface area (TPSA) is 131 Å². The van der Waals surface area contributed by atoms with E-state index in [1.807, 2.05) is 6.92 Å². The molecule has 0 spiro atoms. The van der Waals surface area contributed by atoms with Gasteiger partial charge in [-0.2, -0.15) is 8.42 Å². The summed E-state index contributed by atoms with van der Waals surface area (Å²) in [5.41, 5.74) is 0. The molecule has 0 aromatic carbocycles. The van der Waals surface area contributed by atoms with Gasteiger partial charge >= 0.3 is 6.09 Å². The fraction of sp³-hybridized carbons (Fsp3) is 0.950. The molecule has 1 heterocycles. The molecule has 1 fully saturated rings. The van der Waals surface area contributed by atoms with Crippen LogP contribution in [0.5, 0.6) is 0 Å². The van der Waals surface area contributed by atoms with Crippen molar-refractivity contribution in [2.24, 2.45) is 0 Å². The number of ether oxygens (including phenoxy) is 3. The molecule has 1 aliphatic rings. The van der Waals surface area contributed by atoms with Crippen molar-refractivity contribution in [2.75, 3.05) is 25.5 Å². The molecule has 1 amide bonds. The highest BCUT2D eigenvalue weighted by Crippen LogP contribution is 2.29. The molecule has 9 nitrogen and oxygen atoms in total. The average molecular weight is 454 g/mol. The molecule has 178 valence electrons. The third-order valence-electron chi connectivity index (χ3n) is 5.01. The number of carbonyl (C=O) groups excluding carboxylic acids is 1. The Morgan fingerprint density at radius 3 is 2.37 bits per heavy atom. The molecular formula is C20H39NO8S. The molecule has 0 aromatic rings. The van der Waals surface area contributed by atoms with Crippen LogP contribution < -0.4 is 5.32 Å². The summed E-state index contributed by atoms with van der Waals surface area (Å²) in [6, 6.07) is 0. The Kier molecular flexibility index (Phi) is 12.8. The number of aliphatic hydroxyl groups excluding tert-OH is 1. The Morgan fingerprint density at radius 1 is 1.17 bits per heavy atom. The second-order valence-corrected chi connectivity index (χ2v) is 9.64. The predicted octanol–water partition coefficient (Wildman–Crippen LogP) is 3.01. The van der Waals surface area contributed by atoms with Gasteiger partial charge in [-0.25, -0.2) is 4.79 Å². The zero-order chi connectivity index (χ0) is 22.5. The number of alkyl carbamates (subject to hydrolysis) is 1. The minimum Gasteiger partial charge on any atom is -0.447 e. The van der Waals surface area contributed by atoms with Crippen LogP contribution in [0.4, 0.5) is 4.79 Å². The summed E-state index contributed by atoms with van der Waals surface area (Å²) in [5, 5.41) is 11.6. The van der Waals surface area contributed by atoms with Gasteiger partial charge in [0.2, 0.25) is 0 Å². The number of hydrogen-bond donors (Lipinski definition) is 3. The van der Waals surface area contributed by atoms with Crippen LogP contribution in [0, 0.1) is 0 Å². The molecule has 1 rings (SSSR count). The highest BCUT2D eigenvalue weighted by molar-refractivity contribution is 7.85. The summed E-state index contributed by atoms with van der Waals surface area (Å²) in [4.78, 5) is 11.6. The van der Waals surface area contributed by atoms with Crippen LogP contribution in [0.25, 0.3) is 0 Å². The van der Waals surface area contributed by atoms with Crippen molar-refractivity contribution in [2.45, 2.75) is 96.1 Å². The molecule has 3 N–H and O–H groups in total. The molecule has 10 heteroatoms. The van der Waals surface area contributed by atoms with E-state index in [0.717, 1.165) is 19.3 Å². The fourth-order valence-electron chi connectivity index (χ4n) is 3.38. The lowest BCUT2D eigenvalue weighted by molar-refractivity contribution is -0.162. The van der Waals surface area contributed by atoms with Crippen LogP contribution in [0.3, 0.4) is 0 Å². The van der Waals surface area contributed by atoms with Crippen LogP contribution in [0.1, 0.15) is 78.1 Å². The van der Waals surface area contributed by atoms with Gasteiger partial charge in [0.1, 0.15) is 18.5 Å². The quantitative estimate of drug-likeness (QED) is 0.240. The van der Waals surface area contributed by atoms with E-state index in [9.17, 15) is 18.3 Å². The third kappa shape index (κ3) is 13.4. The maximum absolute atomic E-state index is 11.6. The van der Waals surface area contributed by atoms with E-state index in [4.69, 9.17) is 18.8 Å². The smallest absolute Gasteiger partial charge is 0.407 e. The summed E-state index contributed by atoms with van der Waals surface area (Å²) in [5.74, 6) is -1.53. The molecular weight excluding hydrogens is 414 g/mol. The Morgan fingerprint density at radius 2 is 1.77 bits per heavy atom. The van der Waals surface area contributed by atoms with Gasteiger partial charge < -0.3 is 24.6 Å². The summed E-state index contributed by atoms with van der Waals surface area (Å²) >= 11 is 0. The third-order valence-corrected chi connectivity index (χ3v) is 5.82. The lowest BCUT2D eigenvalue weighted by Crippen LogP contribution is -2.37. The van der Waals surface area contributed by atoms with E-state index < -0.39 is 33.9 Å². The van der Waals surface area contributed by atoms with E-state index in [1.165, 1.54) is 44.9 Å². The Labute approximate surface area is 180 Å². The highest BCUT2D eigenvalue weighted by Gasteiger charge is 2.37. The number of nitrogens with one attached hydrogen (secondary N) is 1. The van der Waals surface area contributed by atoms with Crippen LogP contribution in [0.2, 0.25) is 0 Å². The van der Waals surface area contributed by atoms with Crippen LogP contribution in [-0.4, -0.2) is 67.7 Å². The van der Waals surface area contributed by atoms with Crippen molar-refractivity contribution in [3.63, 3.8) is 0 Å². The zero-order valence-electron chi connectivity index (χ0n) is 18.3. The molecule has 3 atom stereocenters. The van der Waals surface area contributed by atoms with Crippen molar-refractivity contribution in [3.05, 3.63) is 0 Å². The number of unbranched alkanes of at least 4 members (excludes halogenated alkanes) is 8. The van der Waals surface area contributed by atoms with E-state index in [0.29, 0.717) is 6.61 Å². The van der Waals surface area contributed by atoms with Gasteiger partial charge in [0.05, 0.1) is 12.7 Å². The maximum atomic E-state index is 11.6. The van der Waals surface area contributed by atoms with E-state index in [1.54, 1.807) is 0 Å². The Hall–Kier alpha value is -0.940. The van der Waals surface area contributed by atoms with Crippen molar-refractivity contribution in [3.8, 4) is 0 Å². The molecule has 0 radical (unpaired) electrons. The lowest BCUT2D eigenvalue weighted by atomic mass is 10.0. The summed E-state index contributed by atoms with van der Waals surface area (Å²) in [6.07, 6.45) is 9.41. The first kappa shape index (κ1) is 27.1. The molecule has 30 heavy (non-hydrogen) atoms. The normalized spacial score (nSPS) is 22.7. The zero-order valence-corrected chi connectivity index (χ0v) is 19.1. The van der Waals surface area contributed by atoms with Gasteiger partial charge in [0.25, 0.3) is 10.1 Å². The lowest BCUT2D eigenvalue weighted by Gasteiger charge is -2.23. The van der Waals surface area contributed by atoms with Crippen molar-refractivity contribution >= 4 is 16.2 Å². The predicted molar refractivity (Wildman–Crippen MR) is 113 cm³/mol. The summed E-state index contributed by atoms with van der Waals surface area (Å²) in [7, 11) is -4.31. The Balaban J connectivity index is 2.09. The van der Waals surface area contributed by atoms with Crippen molar-refractivity contribution in [1.29, 1.82) is 0 Å². The first-order valence-electron chi connectivity index (χ1n) is 11.0. The molecule has 1 aliphatic heterocycles. The standard InChI is InChI=1S/C20H39NO8S/c1-3-4-5-6-7-8-9-10-11-12-20(2)28-15-18(29-20)14-27-19(23)21-13-17(22)16-30(24,25)26/h17-18,22H,3-16H2,1-2H3,(H,21,23)(H,24,25,26). The first-order valence-corrected chi connectivity index (χ1v) is 12.6. The summed E-state index contributed by atoms with van der Waals surface area (Å²) in [6.45, 7) is 4.09. The molecule has 3 unspecified atom stereocenters. The maximum Gasteiger partial charge on any atom is 0.407 e. The van der Waals surface area contributed by atoms with Gasteiger partial charge in [-0.3, -0.25) is 4.55 Å². The number of carbonyl (C=O) groups is 1. The second-order valence-electron chi connectivity index (χ2n) is 8.14. The SMILES string of the molecule is CCCCCCCCCCCC1(C)OCC(COC(=O)NCC(O)CS(=O)(=O)O)O1. The molecule has 1 saturated heterocycles. The number of amides is 1. The highest BCUT2D eigenvalue weighted by atomic mass is 32.2. The second kappa shape index (κ2) is 14.2. The molecule has 0 bridgehead atoms. The molecule has 0 aliphatic carbocycles. The fourth-order valence-corrected chi connectivity index (χ4v) is 3.99. The van der Waals surface area contributed by atoms with E-state index in [2.05, 4.69) is 12.2 Å². The van der Waals surface area contributed by atoms with Gasteiger partial charge in [-0.15, -0.1) is 0 Å². The van der Waals surface area contributed by atoms with Crippen LogP contribution in [0.15, 0.2) is 0 Å². The number of aliphatic hydroxyl groups is 1. The number of rotatable bonds is 16. The van der Waals surface area contributed by atoms with E-state index in [-0.39, 0.29) is 19.3 Å². The van der Waals surface area contributed by atoms with Crippen LogP contribution in [-0.2, 0) is 24.3 Å². The number of hydrogen-bond acceptors (Lipinski definition) is 7. The van der Waals surface area contributed by atoms with Gasteiger partial charge in [-0.05, 0) is 13.3 Å². The van der Waals surface area contributed by atoms with Gasteiger partial charge in [-0.1, -0.05) is 58.3 Å². The Bertz CT molecular complexity index is 585. The monoisotopic (exact) mass is 453 g/mol. The van der Waals surface area contributed by atoms with Crippen LogP contribution >= 0.6 is 0 Å². The molecule has 0 aromatic heterocycles. The minimum absolute atomic E-state index is 0.00637. The summed E-state index contributed by atoms with van der Waals surface area (Å²) < 4.78 is 46.6. The minimum atomic E-state index is -4.31. The van der Waals surface area contributed by atoms with Gasteiger partial charge in [0, 0.05) is 13.0 Å². The molecule has 0 saturated carbocycles. The first-order chi connectivity index (χ1) is 14.1. The largest absolute Gasteiger partial charge is 0.447 e. The average Bonchev–Trinajstić information content (AvgIpc) is 3.03. The van der Waals surface area contributed by atoms with Crippen molar-refractivity contribution < 1.29 is 37.1 Å².